The minimum Gasteiger partial charge on any atom is -0.481 e. The van der Waals surface area contributed by atoms with Crippen LogP contribution in [0, 0.1) is 11.8 Å². The second-order valence-electron chi connectivity index (χ2n) is 3.66. The van der Waals surface area contributed by atoms with Crippen LogP contribution in [0.15, 0.2) is 0 Å². The molecule has 0 bridgehead atoms. The second-order valence-corrected chi connectivity index (χ2v) is 7.00. The summed E-state index contributed by atoms with van der Waals surface area (Å²) in [6, 6.07) is 0. The smallest absolute Gasteiger partial charge is 0.307 e. The maximum Gasteiger partial charge on any atom is 0.307 e. The lowest BCUT2D eigenvalue weighted by atomic mass is 9.94. The molecule has 1 heterocycles. The quantitative estimate of drug-likeness (QED) is 0.771. The molecule has 0 aromatic heterocycles. The van der Waals surface area contributed by atoms with Gasteiger partial charge in [0, 0.05) is 6.26 Å². The number of carboxylic acids is 1. The molecule has 0 radical (unpaired) electrons. The van der Waals surface area contributed by atoms with Gasteiger partial charge in [0.1, 0.15) is 9.84 Å². The number of aliphatic carboxylic acids is 1. The summed E-state index contributed by atoms with van der Waals surface area (Å²) in [6.45, 7) is 0. The highest BCUT2D eigenvalue weighted by molar-refractivity contribution is 7.99. The third kappa shape index (κ3) is 3.49. The maximum absolute atomic E-state index is 11.0. The number of hydrogen-bond donors (Lipinski definition) is 1. The molecular weight excluding hydrogens is 224 g/mol. The van der Waals surface area contributed by atoms with Crippen molar-refractivity contribution >= 4 is 27.6 Å². The Kier molecular flexibility index (Phi) is 3.83. The minimum absolute atomic E-state index is 0.0206. The standard InChI is InChI=1S/C8H14O4S2/c1-14(11,12)5-7(8(9)10)6-2-3-13-4-6/h6-7H,2-5H2,1H3,(H,9,10). The molecule has 1 fully saturated rings. The molecular formula is C8H14O4S2. The largest absolute Gasteiger partial charge is 0.481 e. The van der Waals surface area contributed by atoms with Crippen LogP contribution < -0.4 is 0 Å². The molecule has 1 aliphatic heterocycles. The van der Waals surface area contributed by atoms with Crippen LogP contribution in [-0.4, -0.2) is 43.0 Å². The van der Waals surface area contributed by atoms with Crippen LogP contribution in [0.5, 0.6) is 0 Å². The highest BCUT2D eigenvalue weighted by Crippen LogP contribution is 2.30. The van der Waals surface area contributed by atoms with Crippen LogP contribution in [0.4, 0.5) is 0 Å². The van der Waals surface area contributed by atoms with Crippen molar-refractivity contribution < 1.29 is 18.3 Å². The van der Waals surface area contributed by atoms with Crippen LogP contribution in [0.2, 0.25) is 0 Å². The Hall–Kier alpha value is -0.230. The lowest BCUT2D eigenvalue weighted by molar-refractivity contribution is -0.142. The Labute approximate surface area is 88.0 Å². The van der Waals surface area contributed by atoms with E-state index in [1.807, 2.05) is 0 Å². The summed E-state index contributed by atoms with van der Waals surface area (Å²) in [5.74, 6) is -0.201. The van der Waals surface area contributed by atoms with Gasteiger partial charge in [-0.3, -0.25) is 4.79 Å². The van der Waals surface area contributed by atoms with Crippen LogP contribution in [0.25, 0.3) is 0 Å². The van der Waals surface area contributed by atoms with Crippen LogP contribution >= 0.6 is 11.8 Å². The summed E-state index contributed by atoms with van der Waals surface area (Å²) in [5, 5.41) is 8.92. The van der Waals surface area contributed by atoms with Gasteiger partial charge in [0.05, 0.1) is 11.7 Å². The molecule has 6 heteroatoms. The van der Waals surface area contributed by atoms with E-state index >= 15 is 0 Å². The number of thioether (sulfide) groups is 1. The monoisotopic (exact) mass is 238 g/mol. The molecule has 4 nitrogen and oxygen atoms in total. The van der Waals surface area contributed by atoms with E-state index in [1.165, 1.54) is 0 Å². The molecule has 0 spiro atoms. The predicted octanol–water partition coefficient (Wildman–Crippen LogP) is 0.485. The van der Waals surface area contributed by atoms with Crippen molar-refractivity contribution in [2.45, 2.75) is 6.42 Å². The third-order valence-electron chi connectivity index (χ3n) is 2.33. The first-order valence-corrected chi connectivity index (χ1v) is 7.60. The Bertz CT molecular complexity index is 303. The van der Waals surface area contributed by atoms with Gasteiger partial charge in [0.25, 0.3) is 0 Å². The fraction of sp³-hybridized carbons (Fsp3) is 0.875. The van der Waals surface area contributed by atoms with Gasteiger partial charge < -0.3 is 5.11 Å². The molecule has 1 aliphatic rings. The predicted molar refractivity (Wildman–Crippen MR) is 56.3 cm³/mol. The topological polar surface area (TPSA) is 71.4 Å². The van der Waals surface area contributed by atoms with Crippen LogP contribution in [0.1, 0.15) is 6.42 Å². The van der Waals surface area contributed by atoms with Gasteiger partial charge >= 0.3 is 5.97 Å². The van der Waals surface area contributed by atoms with E-state index in [2.05, 4.69) is 0 Å². The Morgan fingerprint density at radius 2 is 2.29 bits per heavy atom. The van der Waals surface area contributed by atoms with E-state index < -0.39 is 21.7 Å². The Balaban J connectivity index is 2.69. The van der Waals surface area contributed by atoms with Crippen molar-refractivity contribution in [3.05, 3.63) is 0 Å². The van der Waals surface area contributed by atoms with Crippen molar-refractivity contribution in [2.75, 3.05) is 23.5 Å². The molecule has 82 valence electrons. The van der Waals surface area contributed by atoms with E-state index in [0.29, 0.717) is 0 Å². The zero-order valence-electron chi connectivity index (χ0n) is 7.97. The molecule has 2 atom stereocenters. The minimum atomic E-state index is -3.20. The number of carbonyl (C=O) groups is 1. The van der Waals surface area contributed by atoms with Gasteiger partial charge in [-0.2, -0.15) is 11.8 Å². The Morgan fingerprint density at radius 1 is 1.64 bits per heavy atom. The molecule has 0 aliphatic carbocycles. The highest BCUT2D eigenvalue weighted by Gasteiger charge is 2.33. The van der Waals surface area contributed by atoms with Crippen LogP contribution in [0.3, 0.4) is 0 Å². The average molecular weight is 238 g/mol. The summed E-state index contributed by atoms with van der Waals surface area (Å²) in [7, 11) is -3.20. The molecule has 0 aromatic rings. The molecule has 0 saturated carbocycles. The summed E-state index contributed by atoms with van der Waals surface area (Å²) < 4.78 is 22.1. The van der Waals surface area contributed by atoms with Gasteiger partial charge in [0.15, 0.2) is 0 Å². The lowest BCUT2D eigenvalue weighted by Gasteiger charge is -2.17. The molecule has 1 N–H and O–H groups in total. The van der Waals surface area contributed by atoms with Gasteiger partial charge in [-0.05, 0) is 23.8 Å². The first kappa shape index (κ1) is 11.8. The van der Waals surface area contributed by atoms with Crippen molar-refractivity contribution in [2.24, 2.45) is 11.8 Å². The van der Waals surface area contributed by atoms with Crippen molar-refractivity contribution in [1.82, 2.24) is 0 Å². The van der Waals surface area contributed by atoms with E-state index in [1.54, 1.807) is 11.8 Å². The van der Waals surface area contributed by atoms with E-state index in [0.717, 1.165) is 24.2 Å². The molecule has 14 heavy (non-hydrogen) atoms. The summed E-state index contributed by atoms with van der Waals surface area (Å²) >= 11 is 1.70. The number of sulfone groups is 1. The van der Waals surface area contributed by atoms with E-state index in [4.69, 9.17) is 5.11 Å². The summed E-state index contributed by atoms with van der Waals surface area (Å²) in [5.41, 5.74) is 0. The zero-order chi connectivity index (χ0) is 10.8. The van der Waals surface area contributed by atoms with E-state index in [-0.39, 0.29) is 11.7 Å². The first-order chi connectivity index (χ1) is 6.40. The summed E-state index contributed by atoms with van der Waals surface area (Å²) in [6.07, 6.45) is 1.90. The number of carboxylic acid groups (broad SMARTS) is 1. The van der Waals surface area contributed by atoms with Crippen molar-refractivity contribution in [1.29, 1.82) is 0 Å². The van der Waals surface area contributed by atoms with Gasteiger partial charge in [0.2, 0.25) is 0 Å². The normalized spacial score (nSPS) is 24.8. The van der Waals surface area contributed by atoms with Crippen molar-refractivity contribution in [3.8, 4) is 0 Å². The van der Waals surface area contributed by atoms with Gasteiger partial charge in [-0.15, -0.1) is 0 Å². The second kappa shape index (κ2) is 4.53. The Morgan fingerprint density at radius 3 is 2.64 bits per heavy atom. The molecule has 1 rings (SSSR count). The zero-order valence-corrected chi connectivity index (χ0v) is 9.60. The van der Waals surface area contributed by atoms with Crippen molar-refractivity contribution in [3.63, 3.8) is 0 Å². The van der Waals surface area contributed by atoms with Gasteiger partial charge in [-0.1, -0.05) is 0 Å². The molecule has 0 amide bonds. The fourth-order valence-corrected chi connectivity index (χ4v) is 4.01. The molecule has 0 aromatic carbocycles. The number of hydrogen-bond acceptors (Lipinski definition) is 4. The van der Waals surface area contributed by atoms with Gasteiger partial charge in [-0.25, -0.2) is 8.42 Å². The SMILES string of the molecule is CS(=O)(=O)CC(C(=O)O)C1CCSC1. The number of rotatable bonds is 4. The average Bonchev–Trinajstić information content (AvgIpc) is 2.49. The maximum atomic E-state index is 11.0. The molecule has 2 unspecified atom stereocenters. The fourth-order valence-electron chi connectivity index (χ4n) is 1.61. The molecule has 1 saturated heterocycles. The lowest BCUT2D eigenvalue weighted by Crippen LogP contribution is -2.30. The van der Waals surface area contributed by atoms with E-state index in [9.17, 15) is 13.2 Å². The first-order valence-electron chi connectivity index (χ1n) is 4.38. The highest BCUT2D eigenvalue weighted by atomic mass is 32.2. The summed E-state index contributed by atoms with van der Waals surface area (Å²) in [4.78, 5) is 10.9. The van der Waals surface area contributed by atoms with Crippen LogP contribution in [-0.2, 0) is 14.6 Å². The third-order valence-corrected chi connectivity index (χ3v) is 4.49.